The van der Waals surface area contributed by atoms with Gasteiger partial charge in [-0.15, -0.1) is 0 Å². The summed E-state index contributed by atoms with van der Waals surface area (Å²) in [6.07, 6.45) is 28.9. The summed E-state index contributed by atoms with van der Waals surface area (Å²) in [6.45, 7) is 6.60. The van der Waals surface area contributed by atoms with Crippen molar-refractivity contribution in [2.45, 2.75) is 188 Å². The summed E-state index contributed by atoms with van der Waals surface area (Å²) in [4.78, 5) is 30.4. The van der Waals surface area contributed by atoms with Gasteiger partial charge in [-0.2, -0.15) is 0 Å². The van der Waals surface area contributed by atoms with Crippen molar-refractivity contribution >= 4 is 17.9 Å². The highest BCUT2D eigenvalue weighted by Gasteiger charge is 1.97. The third-order valence-electron chi connectivity index (χ3n) is 6.48. The first-order valence-corrected chi connectivity index (χ1v) is 16.0. The molecule has 0 aliphatic heterocycles. The lowest BCUT2D eigenvalue weighted by Crippen LogP contribution is -1.93. The Balaban J connectivity index is -0.000000499. The molecule has 0 aromatic carbocycles. The Hall–Kier alpha value is -1.59. The van der Waals surface area contributed by atoms with Gasteiger partial charge in [-0.3, -0.25) is 14.4 Å². The second kappa shape index (κ2) is 37.6. The number of carboxylic acid groups (broad SMARTS) is 3. The van der Waals surface area contributed by atoms with Crippen LogP contribution in [0.4, 0.5) is 0 Å². The molecule has 0 aromatic rings. The average Bonchev–Trinajstić information content (AvgIpc) is 2.87. The van der Waals surface area contributed by atoms with Crippen molar-refractivity contribution < 1.29 is 29.7 Å². The highest BCUT2D eigenvalue weighted by molar-refractivity contribution is 5.67. The van der Waals surface area contributed by atoms with Crippen molar-refractivity contribution in [1.29, 1.82) is 0 Å². The molecule has 0 radical (unpaired) electrons. The first-order chi connectivity index (χ1) is 18.3. The van der Waals surface area contributed by atoms with Crippen LogP contribution >= 0.6 is 0 Å². The molecule has 6 heteroatoms. The minimum atomic E-state index is -0.670. The van der Waals surface area contributed by atoms with Crippen molar-refractivity contribution in [3.05, 3.63) is 0 Å². The molecule has 0 heterocycles. The van der Waals surface area contributed by atoms with E-state index in [4.69, 9.17) is 15.3 Å². The number of carbonyl (C=O) groups is 3. The third kappa shape index (κ3) is 51.1. The van der Waals surface area contributed by atoms with E-state index in [-0.39, 0.29) is 0 Å². The van der Waals surface area contributed by atoms with Gasteiger partial charge in [-0.25, -0.2) is 0 Å². The molecular formula is C32H64O6. The smallest absolute Gasteiger partial charge is 0.303 e. The van der Waals surface area contributed by atoms with Crippen LogP contribution in [0.25, 0.3) is 0 Å². The molecule has 0 saturated carbocycles. The predicted molar refractivity (Wildman–Crippen MR) is 160 cm³/mol. The van der Waals surface area contributed by atoms with Gasteiger partial charge in [0, 0.05) is 19.3 Å². The molecule has 0 bridgehead atoms. The molecule has 0 unspecified atom stereocenters. The summed E-state index contributed by atoms with van der Waals surface area (Å²) in [5.41, 5.74) is 0. The normalized spacial score (nSPS) is 10.2. The quantitative estimate of drug-likeness (QED) is 0.0933. The fraction of sp³-hybridized carbons (Fsp3) is 0.906. The van der Waals surface area contributed by atoms with Gasteiger partial charge in [-0.05, 0) is 19.3 Å². The van der Waals surface area contributed by atoms with Crippen LogP contribution in [0, 0.1) is 0 Å². The molecule has 0 aliphatic carbocycles. The molecular weight excluding hydrogens is 480 g/mol. The average molecular weight is 545 g/mol. The maximum absolute atomic E-state index is 10.3. The third-order valence-corrected chi connectivity index (χ3v) is 6.48. The number of carboxylic acids is 3. The van der Waals surface area contributed by atoms with E-state index in [0.29, 0.717) is 19.3 Å². The molecule has 0 aliphatic rings. The van der Waals surface area contributed by atoms with E-state index < -0.39 is 17.9 Å². The highest BCUT2D eigenvalue weighted by atomic mass is 16.4. The first-order valence-electron chi connectivity index (χ1n) is 16.0. The van der Waals surface area contributed by atoms with Crippen LogP contribution in [0.1, 0.15) is 188 Å². The largest absolute Gasteiger partial charge is 0.481 e. The Morgan fingerprint density at radius 2 is 0.474 bits per heavy atom. The topological polar surface area (TPSA) is 112 Å². The molecule has 38 heavy (non-hydrogen) atoms. The molecule has 0 saturated heterocycles. The molecule has 0 atom stereocenters. The van der Waals surface area contributed by atoms with E-state index in [0.717, 1.165) is 38.5 Å². The van der Waals surface area contributed by atoms with E-state index in [1.807, 2.05) is 0 Å². The van der Waals surface area contributed by atoms with Crippen LogP contribution in [-0.2, 0) is 14.4 Å². The lowest BCUT2D eigenvalue weighted by Gasteiger charge is -2.01. The van der Waals surface area contributed by atoms with Crippen molar-refractivity contribution in [2.24, 2.45) is 0 Å². The molecule has 0 rings (SSSR count). The van der Waals surface area contributed by atoms with Crippen molar-refractivity contribution in [3.8, 4) is 0 Å². The lowest BCUT2D eigenvalue weighted by atomic mass is 10.1. The number of hydrogen-bond acceptors (Lipinski definition) is 3. The van der Waals surface area contributed by atoms with Gasteiger partial charge in [0.2, 0.25) is 0 Å². The number of hydrogen-bond donors (Lipinski definition) is 3. The molecule has 0 fully saturated rings. The summed E-state index contributed by atoms with van der Waals surface area (Å²) in [5.74, 6) is -1.99. The summed E-state index contributed by atoms with van der Waals surface area (Å²) in [6, 6.07) is 0. The van der Waals surface area contributed by atoms with Crippen molar-refractivity contribution in [1.82, 2.24) is 0 Å². The number of aliphatic carboxylic acids is 3. The Morgan fingerprint density at radius 3 is 0.632 bits per heavy atom. The Kier molecular flexibility index (Phi) is 40.4. The van der Waals surface area contributed by atoms with Gasteiger partial charge in [-0.1, -0.05) is 149 Å². The summed E-state index contributed by atoms with van der Waals surface area (Å²) >= 11 is 0. The van der Waals surface area contributed by atoms with Crippen LogP contribution < -0.4 is 0 Å². The minimum Gasteiger partial charge on any atom is -0.481 e. The standard InChI is InChI=1S/C14H28O2.C10H20O2.C8H16O2/c1-2-3-4-5-6-7-8-9-10-11-12-13-14(15)16;1-2-3-4-5-6-7-8-9-10(11)12;1-2-3-4-5-6-7-8(9)10/h2-13H2,1H3,(H,15,16);2-9H2,1H3,(H,11,12);2-7H2,1H3,(H,9,10). The van der Waals surface area contributed by atoms with Crippen molar-refractivity contribution in [2.75, 3.05) is 0 Å². The molecule has 3 N–H and O–H groups in total. The van der Waals surface area contributed by atoms with Gasteiger partial charge < -0.3 is 15.3 Å². The molecule has 0 spiro atoms. The fourth-order valence-corrected chi connectivity index (χ4v) is 4.05. The van der Waals surface area contributed by atoms with Crippen LogP contribution in [0.5, 0.6) is 0 Å². The van der Waals surface area contributed by atoms with E-state index in [1.54, 1.807) is 0 Å². The monoisotopic (exact) mass is 544 g/mol. The van der Waals surface area contributed by atoms with Crippen LogP contribution in [-0.4, -0.2) is 33.2 Å². The molecule has 6 nitrogen and oxygen atoms in total. The van der Waals surface area contributed by atoms with Gasteiger partial charge >= 0.3 is 17.9 Å². The lowest BCUT2D eigenvalue weighted by molar-refractivity contribution is -0.138. The van der Waals surface area contributed by atoms with E-state index in [2.05, 4.69) is 20.8 Å². The first kappa shape index (κ1) is 40.9. The van der Waals surface area contributed by atoms with Gasteiger partial charge in [0.25, 0.3) is 0 Å². The van der Waals surface area contributed by atoms with Crippen LogP contribution in [0.15, 0.2) is 0 Å². The summed E-state index contributed by atoms with van der Waals surface area (Å²) in [7, 11) is 0. The fourth-order valence-electron chi connectivity index (χ4n) is 4.05. The molecule has 0 aromatic heterocycles. The second-order valence-corrected chi connectivity index (χ2v) is 10.5. The maximum atomic E-state index is 10.3. The van der Waals surface area contributed by atoms with E-state index >= 15 is 0 Å². The summed E-state index contributed by atoms with van der Waals surface area (Å²) < 4.78 is 0. The molecule has 0 amide bonds. The Labute approximate surface area is 235 Å². The number of rotatable bonds is 26. The minimum absolute atomic E-state index is 0.337. The van der Waals surface area contributed by atoms with E-state index in [9.17, 15) is 14.4 Å². The van der Waals surface area contributed by atoms with Crippen molar-refractivity contribution in [3.63, 3.8) is 0 Å². The van der Waals surface area contributed by atoms with Gasteiger partial charge in [0.15, 0.2) is 0 Å². The predicted octanol–water partition coefficient (Wildman–Crippen LogP) is 10.4. The second-order valence-electron chi connectivity index (χ2n) is 10.5. The number of unbranched alkanes of at least 4 members (excludes halogenated alkanes) is 20. The summed E-state index contributed by atoms with van der Waals surface area (Å²) in [5, 5.41) is 25.1. The van der Waals surface area contributed by atoms with Gasteiger partial charge in [0.05, 0.1) is 0 Å². The maximum Gasteiger partial charge on any atom is 0.303 e. The van der Waals surface area contributed by atoms with E-state index in [1.165, 1.54) is 109 Å². The zero-order valence-corrected chi connectivity index (χ0v) is 25.5. The Bertz CT molecular complexity index is 492. The highest BCUT2D eigenvalue weighted by Crippen LogP contribution is 2.12. The zero-order chi connectivity index (χ0) is 29.1. The van der Waals surface area contributed by atoms with Crippen LogP contribution in [0.2, 0.25) is 0 Å². The SMILES string of the molecule is CCCCCCCC(=O)O.CCCCCCCCCC(=O)O.CCCCCCCCCCCCCC(=O)O. The van der Waals surface area contributed by atoms with Crippen LogP contribution in [0.3, 0.4) is 0 Å². The molecule has 228 valence electrons. The Morgan fingerprint density at radius 1 is 0.316 bits per heavy atom. The van der Waals surface area contributed by atoms with Gasteiger partial charge in [0.1, 0.15) is 0 Å². The zero-order valence-electron chi connectivity index (χ0n) is 25.5.